The number of hydrogen-bond acceptors (Lipinski definition) is 1. The normalized spacial score (nSPS) is 14.3. The van der Waals surface area contributed by atoms with Gasteiger partial charge in [-0.3, -0.25) is 0 Å². The van der Waals surface area contributed by atoms with Crippen LogP contribution in [0.5, 0.6) is 0 Å². The molecule has 1 nitrogen and oxygen atoms in total. The Bertz CT molecular complexity index is 282. The van der Waals surface area contributed by atoms with Crippen molar-refractivity contribution in [1.29, 1.82) is 0 Å². The Morgan fingerprint density at radius 1 is 0.824 bits per heavy atom. The van der Waals surface area contributed by atoms with Crippen LogP contribution in [0.15, 0.2) is 34.9 Å². The van der Waals surface area contributed by atoms with Gasteiger partial charge in [-0.15, -0.1) is 0 Å². The minimum atomic E-state index is 0.184. The Kier molecular flexibility index (Phi) is 9.84. The number of aliphatic hydroxyl groups excluding tert-OH is 1. The van der Waals surface area contributed by atoms with E-state index in [4.69, 9.17) is 5.11 Å². The van der Waals surface area contributed by atoms with E-state index in [1.54, 1.807) is 0 Å². The van der Waals surface area contributed by atoms with Crippen molar-refractivity contribution in [3.63, 3.8) is 0 Å². The van der Waals surface area contributed by atoms with Gasteiger partial charge in [0.2, 0.25) is 0 Å². The maximum atomic E-state index is 8.86. The summed E-state index contributed by atoms with van der Waals surface area (Å²) in [5, 5.41) is 8.86. The average Bonchev–Trinajstić information content (AvgIpc) is 2.29. The van der Waals surface area contributed by atoms with E-state index < -0.39 is 0 Å². The van der Waals surface area contributed by atoms with Crippen LogP contribution in [-0.4, -0.2) is 11.7 Å². The molecule has 0 unspecified atom stereocenters. The van der Waals surface area contributed by atoms with E-state index in [-0.39, 0.29) is 6.61 Å². The number of hydrogen-bond donors (Lipinski definition) is 1. The van der Waals surface area contributed by atoms with Crippen LogP contribution in [0.25, 0.3) is 0 Å². The van der Waals surface area contributed by atoms with E-state index in [1.807, 2.05) is 6.92 Å². The average molecular weight is 236 g/mol. The van der Waals surface area contributed by atoms with E-state index in [1.165, 1.54) is 17.6 Å². The Hall–Kier alpha value is -0.820. The Morgan fingerprint density at radius 2 is 1.29 bits per heavy atom. The van der Waals surface area contributed by atoms with Gasteiger partial charge in [-0.2, -0.15) is 0 Å². The molecule has 0 heterocycles. The fraction of sp³-hybridized carbons (Fsp3) is 0.625. The molecule has 1 heteroatoms. The highest BCUT2D eigenvalue weighted by molar-refractivity contribution is 5.05. The lowest BCUT2D eigenvalue weighted by Crippen LogP contribution is -1.84. The van der Waals surface area contributed by atoms with Gasteiger partial charge in [-0.25, -0.2) is 0 Å². The zero-order valence-corrected chi connectivity index (χ0v) is 11.9. The van der Waals surface area contributed by atoms with Crippen LogP contribution >= 0.6 is 0 Å². The van der Waals surface area contributed by atoms with Gasteiger partial charge in [0, 0.05) is 0 Å². The zero-order valence-electron chi connectivity index (χ0n) is 11.9. The van der Waals surface area contributed by atoms with E-state index in [0.717, 1.165) is 31.3 Å². The van der Waals surface area contributed by atoms with Crippen molar-refractivity contribution < 1.29 is 5.11 Å². The predicted octanol–water partition coefficient (Wildman–Crippen LogP) is 4.79. The molecule has 0 aromatic rings. The first kappa shape index (κ1) is 16.2. The first-order valence-electron chi connectivity index (χ1n) is 6.67. The van der Waals surface area contributed by atoms with Crippen LogP contribution in [-0.2, 0) is 0 Å². The monoisotopic (exact) mass is 236 g/mol. The summed E-state index contributed by atoms with van der Waals surface area (Å²) in [6, 6.07) is 0. The molecule has 0 fully saturated rings. The second-order valence-electron chi connectivity index (χ2n) is 4.80. The second kappa shape index (κ2) is 10.3. The molecule has 0 aliphatic rings. The van der Waals surface area contributed by atoms with Crippen molar-refractivity contribution in [2.24, 2.45) is 0 Å². The van der Waals surface area contributed by atoms with Gasteiger partial charge < -0.3 is 5.11 Å². The Labute approximate surface area is 107 Å². The van der Waals surface area contributed by atoms with Gasteiger partial charge in [0.05, 0.1) is 6.61 Å². The molecule has 0 atom stereocenters. The summed E-state index contributed by atoms with van der Waals surface area (Å²) in [5.41, 5.74) is 4.02. The lowest BCUT2D eigenvalue weighted by Gasteiger charge is -2.01. The molecular formula is C16H28O. The van der Waals surface area contributed by atoms with Crippen molar-refractivity contribution >= 4 is 0 Å². The van der Waals surface area contributed by atoms with Crippen molar-refractivity contribution in [3.05, 3.63) is 34.9 Å². The minimum absolute atomic E-state index is 0.184. The summed E-state index contributed by atoms with van der Waals surface area (Å²) < 4.78 is 0. The molecule has 17 heavy (non-hydrogen) atoms. The molecule has 98 valence electrons. The van der Waals surface area contributed by atoms with Crippen LogP contribution in [0.3, 0.4) is 0 Å². The molecule has 0 saturated carbocycles. The fourth-order valence-corrected chi connectivity index (χ4v) is 1.71. The summed E-state index contributed by atoms with van der Waals surface area (Å²) in [5.74, 6) is 0. The zero-order chi connectivity index (χ0) is 13.1. The lowest BCUT2D eigenvalue weighted by atomic mass is 10.1. The maximum absolute atomic E-state index is 8.86. The van der Waals surface area contributed by atoms with Crippen LogP contribution in [0, 0.1) is 0 Å². The largest absolute Gasteiger partial charge is 0.392 e. The van der Waals surface area contributed by atoms with Gasteiger partial charge in [0.1, 0.15) is 0 Å². The van der Waals surface area contributed by atoms with E-state index >= 15 is 0 Å². The summed E-state index contributed by atoms with van der Waals surface area (Å²) in [6.45, 7) is 8.74. The Morgan fingerprint density at radius 3 is 1.76 bits per heavy atom. The molecule has 0 aromatic carbocycles. The third kappa shape index (κ3) is 10.1. The third-order valence-electron chi connectivity index (χ3n) is 2.86. The molecule has 0 rings (SSSR count). The van der Waals surface area contributed by atoms with Gasteiger partial charge in [0.15, 0.2) is 0 Å². The van der Waals surface area contributed by atoms with Crippen LogP contribution in [0.1, 0.15) is 59.8 Å². The minimum Gasteiger partial charge on any atom is -0.392 e. The predicted molar refractivity (Wildman–Crippen MR) is 77.1 cm³/mol. The van der Waals surface area contributed by atoms with E-state index in [2.05, 4.69) is 39.0 Å². The first-order valence-corrected chi connectivity index (χ1v) is 6.67. The molecule has 0 aromatic heterocycles. The van der Waals surface area contributed by atoms with E-state index in [9.17, 15) is 0 Å². The van der Waals surface area contributed by atoms with Crippen molar-refractivity contribution in [2.45, 2.75) is 59.8 Å². The highest BCUT2D eigenvalue weighted by Crippen LogP contribution is 2.11. The molecule has 0 amide bonds. The Balaban J connectivity index is 3.83. The van der Waals surface area contributed by atoms with E-state index in [0.29, 0.717) is 0 Å². The van der Waals surface area contributed by atoms with Crippen LogP contribution in [0.4, 0.5) is 0 Å². The lowest BCUT2D eigenvalue weighted by molar-refractivity contribution is 0.331. The SMILES string of the molecule is CCC=C(C)CCC=C(C)CCC=C(C)CO. The molecule has 0 saturated heterocycles. The third-order valence-corrected chi connectivity index (χ3v) is 2.86. The number of allylic oxidation sites excluding steroid dienone is 5. The standard InChI is InChI=1S/C16H28O/c1-5-8-14(2)9-6-10-15(3)11-7-12-16(4)13-17/h8,10,12,17H,5-7,9,11,13H2,1-4H3. The van der Waals surface area contributed by atoms with Crippen molar-refractivity contribution in [1.82, 2.24) is 0 Å². The highest BCUT2D eigenvalue weighted by atomic mass is 16.3. The highest BCUT2D eigenvalue weighted by Gasteiger charge is 1.92. The first-order chi connectivity index (χ1) is 8.10. The number of rotatable bonds is 8. The van der Waals surface area contributed by atoms with Gasteiger partial charge in [-0.1, -0.05) is 41.9 Å². The van der Waals surface area contributed by atoms with Gasteiger partial charge in [-0.05, 0) is 52.9 Å². The number of aliphatic hydroxyl groups is 1. The second-order valence-corrected chi connectivity index (χ2v) is 4.80. The van der Waals surface area contributed by atoms with Gasteiger partial charge >= 0.3 is 0 Å². The summed E-state index contributed by atoms with van der Waals surface area (Å²) in [7, 11) is 0. The van der Waals surface area contributed by atoms with Crippen LogP contribution < -0.4 is 0 Å². The van der Waals surface area contributed by atoms with Crippen LogP contribution in [0.2, 0.25) is 0 Å². The molecule has 0 aliphatic carbocycles. The summed E-state index contributed by atoms with van der Waals surface area (Å²) >= 11 is 0. The molecular weight excluding hydrogens is 208 g/mol. The maximum Gasteiger partial charge on any atom is 0.0639 e. The molecule has 1 N–H and O–H groups in total. The van der Waals surface area contributed by atoms with Crippen molar-refractivity contribution in [2.75, 3.05) is 6.61 Å². The summed E-state index contributed by atoms with van der Waals surface area (Å²) in [6.07, 6.45) is 12.4. The molecule has 0 bridgehead atoms. The topological polar surface area (TPSA) is 20.2 Å². The molecule has 0 aliphatic heterocycles. The summed E-state index contributed by atoms with van der Waals surface area (Å²) in [4.78, 5) is 0. The smallest absolute Gasteiger partial charge is 0.0639 e. The quantitative estimate of drug-likeness (QED) is 0.601. The fourth-order valence-electron chi connectivity index (χ4n) is 1.71. The molecule has 0 spiro atoms. The van der Waals surface area contributed by atoms with Crippen molar-refractivity contribution in [3.8, 4) is 0 Å². The molecule has 0 radical (unpaired) electrons. The van der Waals surface area contributed by atoms with Gasteiger partial charge in [0.25, 0.3) is 0 Å².